The van der Waals surface area contributed by atoms with Crippen molar-refractivity contribution in [2.45, 2.75) is 0 Å². The van der Waals surface area contributed by atoms with Gasteiger partial charge in [0, 0.05) is 33.5 Å². The predicted octanol–water partition coefficient (Wildman–Crippen LogP) is 13.3. The van der Waals surface area contributed by atoms with E-state index in [1.165, 1.54) is 60.9 Å². The van der Waals surface area contributed by atoms with Gasteiger partial charge in [0.05, 0.1) is 11.0 Å². The maximum absolute atomic E-state index is 2.38. The van der Waals surface area contributed by atoms with E-state index in [4.69, 9.17) is 0 Å². The monoisotopic (exact) mass is 638 g/mol. The molecular formula is C48H34N2. The molecule has 50 heavy (non-hydrogen) atoms. The van der Waals surface area contributed by atoms with Crippen LogP contribution in [0.3, 0.4) is 0 Å². The van der Waals surface area contributed by atoms with Crippen LogP contribution in [0.4, 0.5) is 17.1 Å². The summed E-state index contributed by atoms with van der Waals surface area (Å²) in [4.78, 5) is 2.35. The maximum atomic E-state index is 2.38. The lowest BCUT2D eigenvalue weighted by molar-refractivity contribution is 1.18. The molecule has 0 unspecified atom stereocenters. The quantitative estimate of drug-likeness (QED) is 0.169. The van der Waals surface area contributed by atoms with Crippen LogP contribution in [-0.4, -0.2) is 4.57 Å². The zero-order valence-corrected chi connectivity index (χ0v) is 27.5. The van der Waals surface area contributed by atoms with Crippen LogP contribution in [0.15, 0.2) is 206 Å². The third kappa shape index (κ3) is 5.34. The first kappa shape index (κ1) is 29.5. The molecule has 0 spiro atoms. The van der Waals surface area contributed by atoms with Crippen LogP contribution in [0, 0.1) is 0 Å². The first-order chi connectivity index (χ1) is 24.8. The SMILES string of the molecule is c1ccc(-c2cccc(N(c3ccccc3)c3cccc(-c4cccc(-c5cccc6c5c5ccccc5n6-c5ccccc5)c4)c3)c2)cc1. The van der Waals surface area contributed by atoms with Gasteiger partial charge in [-0.15, -0.1) is 0 Å². The fraction of sp³-hybridized carbons (Fsp3) is 0. The molecule has 2 nitrogen and oxygen atoms in total. The Bertz CT molecular complexity index is 2580. The highest BCUT2D eigenvalue weighted by molar-refractivity contribution is 6.15. The first-order valence-electron chi connectivity index (χ1n) is 17.1. The maximum Gasteiger partial charge on any atom is 0.0547 e. The predicted molar refractivity (Wildman–Crippen MR) is 212 cm³/mol. The Labute approximate surface area is 292 Å². The van der Waals surface area contributed by atoms with Crippen molar-refractivity contribution in [1.29, 1.82) is 0 Å². The number of hydrogen-bond acceptors (Lipinski definition) is 1. The average Bonchev–Trinajstić information content (AvgIpc) is 3.54. The number of hydrogen-bond donors (Lipinski definition) is 0. The van der Waals surface area contributed by atoms with Crippen LogP contribution in [0.5, 0.6) is 0 Å². The molecular weight excluding hydrogens is 605 g/mol. The van der Waals surface area contributed by atoms with Crippen molar-refractivity contribution in [1.82, 2.24) is 4.57 Å². The molecule has 8 aromatic carbocycles. The number of aromatic nitrogens is 1. The first-order valence-corrected chi connectivity index (χ1v) is 17.1. The Balaban J connectivity index is 1.16. The molecule has 0 N–H and O–H groups in total. The highest BCUT2D eigenvalue weighted by Crippen LogP contribution is 2.41. The van der Waals surface area contributed by atoms with Gasteiger partial charge in [0.15, 0.2) is 0 Å². The minimum absolute atomic E-state index is 1.11. The topological polar surface area (TPSA) is 8.17 Å². The van der Waals surface area contributed by atoms with Crippen molar-refractivity contribution >= 4 is 38.9 Å². The molecule has 9 rings (SSSR count). The lowest BCUT2D eigenvalue weighted by atomic mass is 9.95. The molecule has 236 valence electrons. The fourth-order valence-corrected chi connectivity index (χ4v) is 7.29. The number of anilines is 3. The second-order valence-corrected chi connectivity index (χ2v) is 12.6. The van der Waals surface area contributed by atoms with Gasteiger partial charge in [-0.2, -0.15) is 0 Å². The number of fused-ring (bicyclic) bond motifs is 3. The highest BCUT2D eigenvalue weighted by atomic mass is 15.1. The largest absolute Gasteiger partial charge is 0.310 e. The molecule has 1 heterocycles. The van der Waals surface area contributed by atoms with Gasteiger partial charge in [-0.25, -0.2) is 0 Å². The second-order valence-electron chi connectivity index (χ2n) is 12.6. The Morgan fingerprint density at radius 2 is 0.800 bits per heavy atom. The normalized spacial score (nSPS) is 11.2. The molecule has 0 radical (unpaired) electrons. The standard InChI is InChI=1S/C48H34N2/c1-4-16-35(17-5-1)37-19-13-26-42(33-37)49(40-22-6-2-7-23-40)43-27-14-20-38(34-43)36-18-12-21-39(32-36)44-29-15-31-47-48(44)45-28-10-11-30-46(45)50(47)41-24-8-3-9-25-41/h1-34H. The summed E-state index contributed by atoms with van der Waals surface area (Å²) >= 11 is 0. The summed E-state index contributed by atoms with van der Waals surface area (Å²) in [5, 5.41) is 2.52. The zero-order valence-electron chi connectivity index (χ0n) is 27.5. The molecule has 0 amide bonds. The van der Waals surface area contributed by atoms with Gasteiger partial charge in [-0.05, 0) is 100 Å². The van der Waals surface area contributed by atoms with Crippen molar-refractivity contribution in [2.75, 3.05) is 4.90 Å². The fourth-order valence-electron chi connectivity index (χ4n) is 7.29. The van der Waals surface area contributed by atoms with E-state index in [0.29, 0.717) is 0 Å². The van der Waals surface area contributed by atoms with E-state index in [1.54, 1.807) is 0 Å². The van der Waals surface area contributed by atoms with Gasteiger partial charge >= 0.3 is 0 Å². The van der Waals surface area contributed by atoms with Crippen molar-refractivity contribution in [2.24, 2.45) is 0 Å². The Morgan fingerprint density at radius 1 is 0.320 bits per heavy atom. The molecule has 0 fully saturated rings. The highest BCUT2D eigenvalue weighted by Gasteiger charge is 2.17. The molecule has 0 saturated heterocycles. The van der Waals surface area contributed by atoms with E-state index >= 15 is 0 Å². The molecule has 9 aromatic rings. The minimum Gasteiger partial charge on any atom is -0.310 e. The van der Waals surface area contributed by atoms with E-state index in [2.05, 4.69) is 216 Å². The van der Waals surface area contributed by atoms with Crippen LogP contribution in [0.1, 0.15) is 0 Å². The van der Waals surface area contributed by atoms with Gasteiger partial charge < -0.3 is 9.47 Å². The minimum atomic E-state index is 1.11. The van der Waals surface area contributed by atoms with Crippen LogP contribution in [0.2, 0.25) is 0 Å². The third-order valence-corrected chi connectivity index (χ3v) is 9.55. The van der Waals surface area contributed by atoms with Crippen molar-refractivity contribution in [3.05, 3.63) is 206 Å². The van der Waals surface area contributed by atoms with Gasteiger partial charge in [0.25, 0.3) is 0 Å². The second kappa shape index (κ2) is 12.8. The van der Waals surface area contributed by atoms with Crippen molar-refractivity contribution in [3.8, 4) is 39.1 Å². The Kier molecular flexibility index (Phi) is 7.53. The summed E-state index contributed by atoms with van der Waals surface area (Å²) in [6, 6.07) is 74.0. The smallest absolute Gasteiger partial charge is 0.0547 e. The number of benzene rings is 8. The molecule has 0 atom stereocenters. The van der Waals surface area contributed by atoms with Crippen LogP contribution in [-0.2, 0) is 0 Å². The summed E-state index contributed by atoms with van der Waals surface area (Å²) in [6.45, 7) is 0. The molecule has 0 saturated carbocycles. The van der Waals surface area contributed by atoms with Crippen molar-refractivity contribution < 1.29 is 0 Å². The third-order valence-electron chi connectivity index (χ3n) is 9.55. The van der Waals surface area contributed by atoms with E-state index in [-0.39, 0.29) is 0 Å². The summed E-state index contributed by atoms with van der Waals surface area (Å²) in [7, 11) is 0. The number of nitrogens with zero attached hydrogens (tertiary/aromatic N) is 2. The summed E-state index contributed by atoms with van der Waals surface area (Å²) in [6.07, 6.45) is 0. The molecule has 1 aromatic heterocycles. The van der Waals surface area contributed by atoms with Gasteiger partial charge in [0.1, 0.15) is 0 Å². The molecule has 0 aliphatic carbocycles. The molecule has 0 aliphatic heterocycles. The Morgan fingerprint density at radius 3 is 1.52 bits per heavy atom. The van der Waals surface area contributed by atoms with E-state index in [1.807, 2.05) is 0 Å². The van der Waals surface area contributed by atoms with Crippen LogP contribution >= 0.6 is 0 Å². The van der Waals surface area contributed by atoms with Gasteiger partial charge in [0.2, 0.25) is 0 Å². The van der Waals surface area contributed by atoms with E-state index in [9.17, 15) is 0 Å². The van der Waals surface area contributed by atoms with Gasteiger partial charge in [-0.3, -0.25) is 0 Å². The van der Waals surface area contributed by atoms with E-state index in [0.717, 1.165) is 17.1 Å². The van der Waals surface area contributed by atoms with Crippen LogP contribution in [0.25, 0.3) is 60.9 Å². The average molecular weight is 639 g/mol. The lowest BCUT2D eigenvalue weighted by Crippen LogP contribution is -2.10. The number of para-hydroxylation sites is 3. The Hall–Kier alpha value is -6.64. The summed E-state index contributed by atoms with van der Waals surface area (Å²) in [5.41, 5.74) is 14.1. The van der Waals surface area contributed by atoms with Crippen molar-refractivity contribution in [3.63, 3.8) is 0 Å². The van der Waals surface area contributed by atoms with Gasteiger partial charge in [-0.1, -0.05) is 140 Å². The summed E-state index contributed by atoms with van der Waals surface area (Å²) < 4.78 is 2.38. The number of rotatable bonds is 7. The molecule has 0 aliphatic rings. The molecule has 2 heteroatoms. The zero-order chi connectivity index (χ0) is 33.3. The molecule has 0 bridgehead atoms. The lowest BCUT2D eigenvalue weighted by Gasteiger charge is -2.26. The van der Waals surface area contributed by atoms with Crippen LogP contribution < -0.4 is 4.90 Å². The van der Waals surface area contributed by atoms with E-state index < -0.39 is 0 Å². The summed E-state index contributed by atoms with van der Waals surface area (Å²) in [5.74, 6) is 0.